The molecular formula is C20H25N3O3. The van der Waals surface area contributed by atoms with E-state index >= 15 is 0 Å². The van der Waals surface area contributed by atoms with Gasteiger partial charge in [0.25, 0.3) is 0 Å². The molecule has 0 saturated heterocycles. The minimum absolute atomic E-state index is 0.0793. The highest BCUT2D eigenvalue weighted by Gasteiger charge is 2.26. The summed E-state index contributed by atoms with van der Waals surface area (Å²) in [6, 6.07) is 5.49. The lowest BCUT2D eigenvalue weighted by molar-refractivity contribution is -0.118. The molecule has 0 fully saturated rings. The largest absolute Gasteiger partial charge is 0.465 e. The van der Waals surface area contributed by atoms with Gasteiger partial charge in [0.15, 0.2) is 0 Å². The first-order chi connectivity index (χ1) is 12.4. The van der Waals surface area contributed by atoms with Crippen LogP contribution in [0.2, 0.25) is 0 Å². The molecule has 0 spiro atoms. The average molecular weight is 355 g/mol. The van der Waals surface area contributed by atoms with Crippen molar-refractivity contribution in [1.82, 2.24) is 9.78 Å². The number of hydrogen-bond donors (Lipinski definition) is 0. The summed E-state index contributed by atoms with van der Waals surface area (Å²) in [4.78, 5) is 26.7. The lowest BCUT2D eigenvalue weighted by atomic mass is 9.95. The van der Waals surface area contributed by atoms with Crippen molar-refractivity contribution in [1.29, 1.82) is 0 Å². The van der Waals surface area contributed by atoms with Crippen molar-refractivity contribution >= 4 is 17.6 Å². The molecule has 0 radical (unpaired) electrons. The molecule has 6 heteroatoms. The maximum Gasteiger partial charge on any atom is 0.338 e. The van der Waals surface area contributed by atoms with E-state index in [2.05, 4.69) is 5.10 Å². The van der Waals surface area contributed by atoms with Crippen molar-refractivity contribution in [3.8, 4) is 0 Å². The lowest BCUT2D eigenvalue weighted by Crippen LogP contribution is -2.36. The van der Waals surface area contributed by atoms with Gasteiger partial charge in [-0.15, -0.1) is 0 Å². The van der Waals surface area contributed by atoms with E-state index in [4.69, 9.17) is 4.74 Å². The van der Waals surface area contributed by atoms with Crippen LogP contribution in [0, 0.1) is 13.8 Å². The van der Waals surface area contributed by atoms with Crippen LogP contribution in [0.3, 0.4) is 0 Å². The molecule has 1 aliphatic rings. The highest BCUT2D eigenvalue weighted by molar-refractivity contribution is 5.98. The molecular weight excluding hydrogens is 330 g/mol. The topological polar surface area (TPSA) is 64.4 Å². The second-order valence-corrected chi connectivity index (χ2v) is 6.72. The maximum absolute atomic E-state index is 12.9. The van der Waals surface area contributed by atoms with E-state index in [-0.39, 0.29) is 11.9 Å². The van der Waals surface area contributed by atoms with Gasteiger partial charge in [0.1, 0.15) is 0 Å². The first-order valence-electron chi connectivity index (χ1n) is 8.93. The molecule has 1 aliphatic heterocycles. The Balaban J connectivity index is 1.81. The summed E-state index contributed by atoms with van der Waals surface area (Å²) in [5.74, 6) is -0.270. The third-order valence-corrected chi connectivity index (χ3v) is 5.20. The summed E-state index contributed by atoms with van der Waals surface area (Å²) >= 11 is 0. The Hall–Kier alpha value is -2.63. The summed E-state index contributed by atoms with van der Waals surface area (Å²) in [5.41, 5.74) is 5.52. The molecule has 3 rings (SSSR count). The third-order valence-electron chi connectivity index (χ3n) is 5.20. The van der Waals surface area contributed by atoms with Crippen LogP contribution in [-0.4, -0.2) is 35.3 Å². The lowest BCUT2D eigenvalue weighted by Gasteiger charge is -2.30. The Bertz CT molecular complexity index is 854. The predicted molar refractivity (Wildman–Crippen MR) is 99.5 cm³/mol. The quantitative estimate of drug-likeness (QED) is 0.791. The average Bonchev–Trinajstić information content (AvgIpc) is 2.89. The molecule has 0 saturated carbocycles. The Morgan fingerprint density at radius 2 is 2.04 bits per heavy atom. The van der Waals surface area contributed by atoms with Gasteiger partial charge in [0, 0.05) is 31.4 Å². The molecule has 2 heterocycles. The van der Waals surface area contributed by atoms with Crippen molar-refractivity contribution in [2.75, 3.05) is 18.6 Å². The fraction of sp³-hybridized carbons (Fsp3) is 0.450. The summed E-state index contributed by atoms with van der Waals surface area (Å²) in [7, 11) is 3.30. The normalized spacial score (nSPS) is 13.5. The van der Waals surface area contributed by atoms with Crippen LogP contribution in [-0.2, 0) is 29.4 Å². The zero-order valence-electron chi connectivity index (χ0n) is 15.8. The number of nitrogens with zero attached hydrogens (tertiary/aromatic N) is 3. The first-order valence-corrected chi connectivity index (χ1v) is 8.93. The van der Waals surface area contributed by atoms with E-state index in [1.807, 2.05) is 42.6 Å². The van der Waals surface area contributed by atoms with Crippen molar-refractivity contribution in [2.24, 2.45) is 7.05 Å². The number of rotatable bonds is 4. The standard InChI is InChI=1S/C20H25N3O3/c1-13-15(14(2)22(3)21-13)10-11-19(24)23-12-6-8-16-17(20(25)26-4)7-5-9-18(16)23/h5,7,9H,6,8,10-12H2,1-4H3. The minimum atomic E-state index is -0.349. The van der Waals surface area contributed by atoms with Gasteiger partial charge in [-0.3, -0.25) is 9.48 Å². The van der Waals surface area contributed by atoms with E-state index in [9.17, 15) is 9.59 Å². The summed E-state index contributed by atoms with van der Waals surface area (Å²) in [5, 5.41) is 4.42. The zero-order valence-corrected chi connectivity index (χ0v) is 15.8. The van der Waals surface area contributed by atoms with Gasteiger partial charge in [0.2, 0.25) is 5.91 Å². The SMILES string of the molecule is COC(=O)c1cccc2c1CCCN2C(=O)CCc1c(C)nn(C)c1C. The van der Waals surface area contributed by atoms with Gasteiger partial charge in [-0.1, -0.05) is 6.07 Å². The molecule has 1 aromatic carbocycles. The number of fused-ring (bicyclic) bond motifs is 1. The van der Waals surface area contributed by atoms with Crippen LogP contribution in [0.25, 0.3) is 0 Å². The van der Waals surface area contributed by atoms with Crippen molar-refractivity contribution in [2.45, 2.75) is 39.5 Å². The fourth-order valence-corrected chi connectivity index (χ4v) is 3.73. The van der Waals surface area contributed by atoms with Gasteiger partial charge in [-0.2, -0.15) is 5.10 Å². The number of carbonyl (C=O) groups excluding carboxylic acids is 2. The maximum atomic E-state index is 12.9. The number of aryl methyl sites for hydroxylation is 2. The van der Waals surface area contributed by atoms with Crippen LogP contribution < -0.4 is 4.90 Å². The molecule has 0 atom stereocenters. The molecule has 1 amide bonds. The van der Waals surface area contributed by atoms with E-state index in [1.54, 1.807) is 6.07 Å². The minimum Gasteiger partial charge on any atom is -0.465 e. The van der Waals surface area contributed by atoms with E-state index in [1.165, 1.54) is 7.11 Å². The number of methoxy groups -OCH3 is 1. The van der Waals surface area contributed by atoms with Crippen LogP contribution in [0.5, 0.6) is 0 Å². The number of ether oxygens (including phenoxy) is 1. The molecule has 1 aromatic heterocycles. The molecule has 0 aliphatic carbocycles. The zero-order chi connectivity index (χ0) is 18.8. The Kier molecular flexibility index (Phi) is 5.11. The molecule has 138 valence electrons. The fourth-order valence-electron chi connectivity index (χ4n) is 3.73. The Labute approximate surface area is 153 Å². The van der Waals surface area contributed by atoms with Crippen LogP contribution in [0.15, 0.2) is 18.2 Å². The van der Waals surface area contributed by atoms with Crippen LogP contribution >= 0.6 is 0 Å². The van der Waals surface area contributed by atoms with E-state index in [0.717, 1.165) is 41.0 Å². The van der Waals surface area contributed by atoms with Gasteiger partial charge >= 0.3 is 5.97 Å². The number of aromatic nitrogens is 2. The third kappa shape index (κ3) is 3.23. The van der Waals surface area contributed by atoms with E-state index < -0.39 is 0 Å². The van der Waals surface area contributed by atoms with Crippen molar-refractivity contribution in [3.63, 3.8) is 0 Å². The van der Waals surface area contributed by atoms with Crippen LogP contribution in [0.4, 0.5) is 5.69 Å². The second-order valence-electron chi connectivity index (χ2n) is 6.72. The summed E-state index contributed by atoms with van der Waals surface area (Å²) < 4.78 is 6.74. The van der Waals surface area contributed by atoms with Gasteiger partial charge in [-0.05, 0) is 56.4 Å². The number of carbonyl (C=O) groups is 2. The number of amides is 1. The number of benzene rings is 1. The second kappa shape index (κ2) is 7.32. The Morgan fingerprint density at radius 3 is 2.69 bits per heavy atom. The van der Waals surface area contributed by atoms with Gasteiger partial charge in [-0.25, -0.2) is 4.79 Å². The summed E-state index contributed by atoms with van der Waals surface area (Å²) in [6.45, 7) is 4.69. The van der Waals surface area contributed by atoms with Crippen LogP contribution in [0.1, 0.15) is 45.7 Å². The number of anilines is 1. The molecule has 0 unspecified atom stereocenters. The van der Waals surface area contributed by atoms with Gasteiger partial charge in [0.05, 0.1) is 18.4 Å². The number of hydrogen-bond acceptors (Lipinski definition) is 4. The monoisotopic (exact) mass is 355 g/mol. The predicted octanol–water partition coefficient (Wildman–Crippen LogP) is 2.74. The van der Waals surface area contributed by atoms with Crippen molar-refractivity contribution < 1.29 is 14.3 Å². The van der Waals surface area contributed by atoms with Crippen molar-refractivity contribution in [3.05, 3.63) is 46.3 Å². The van der Waals surface area contributed by atoms with E-state index in [0.29, 0.717) is 24.9 Å². The molecule has 6 nitrogen and oxygen atoms in total. The first kappa shape index (κ1) is 18.2. The molecule has 2 aromatic rings. The summed E-state index contributed by atoms with van der Waals surface area (Å²) in [6.07, 6.45) is 2.73. The van der Waals surface area contributed by atoms with Gasteiger partial charge < -0.3 is 9.64 Å². The molecule has 26 heavy (non-hydrogen) atoms. The highest BCUT2D eigenvalue weighted by atomic mass is 16.5. The number of esters is 1. The highest BCUT2D eigenvalue weighted by Crippen LogP contribution is 2.31. The Morgan fingerprint density at radius 1 is 1.27 bits per heavy atom. The molecule has 0 N–H and O–H groups in total. The smallest absolute Gasteiger partial charge is 0.338 e. The molecule has 0 bridgehead atoms.